The predicted octanol–water partition coefficient (Wildman–Crippen LogP) is 3.32. The van der Waals surface area contributed by atoms with Gasteiger partial charge >= 0.3 is 0 Å². The van der Waals surface area contributed by atoms with E-state index in [1.165, 1.54) is 42.4 Å². The van der Waals surface area contributed by atoms with E-state index in [-0.39, 0.29) is 5.54 Å². The van der Waals surface area contributed by atoms with Gasteiger partial charge in [-0.15, -0.1) is 0 Å². The number of hydrogen-bond acceptors (Lipinski definition) is 1. The maximum atomic E-state index is 4.33. The van der Waals surface area contributed by atoms with Crippen molar-refractivity contribution in [3.63, 3.8) is 0 Å². The molecular weight excluding hydrogens is 194 g/mol. The molecule has 2 atom stereocenters. The molecule has 0 amide bonds. The zero-order valence-electron chi connectivity index (χ0n) is 9.92. The molecule has 0 spiro atoms. The van der Waals surface area contributed by atoms with Crippen LogP contribution in [0, 0.1) is 5.92 Å². The molecule has 1 aromatic carbocycles. The van der Waals surface area contributed by atoms with Gasteiger partial charge in [-0.3, -0.25) is 0 Å². The highest BCUT2D eigenvalue weighted by atomic mass is 15.0. The summed E-state index contributed by atoms with van der Waals surface area (Å²) in [4.78, 5) is 0. The molecule has 3 rings (SSSR count). The highest BCUT2D eigenvalue weighted by Crippen LogP contribution is 2.54. The van der Waals surface area contributed by atoms with Crippen LogP contribution in [0.4, 0.5) is 0 Å². The third-order valence-corrected chi connectivity index (χ3v) is 4.53. The van der Waals surface area contributed by atoms with Gasteiger partial charge in [0.05, 0.1) is 5.54 Å². The van der Waals surface area contributed by atoms with Crippen LogP contribution < -0.4 is 5.32 Å². The quantitative estimate of drug-likeness (QED) is 0.754. The molecule has 0 heterocycles. The fourth-order valence-electron chi connectivity index (χ4n) is 3.74. The van der Waals surface area contributed by atoms with Gasteiger partial charge in [0.15, 0.2) is 0 Å². The van der Waals surface area contributed by atoms with Crippen molar-refractivity contribution in [2.45, 2.75) is 31.2 Å². The molecule has 1 heteroatoms. The van der Waals surface area contributed by atoms with E-state index in [1.54, 1.807) is 0 Å². The third-order valence-electron chi connectivity index (χ3n) is 4.53. The van der Waals surface area contributed by atoms with Gasteiger partial charge in [0.1, 0.15) is 0 Å². The van der Waals surface area contributed by atoms with Crippen molar-refractivity contribution in [2.75, 3.05) is 7.05 Å². The summed E-state index contributed by atoms with van der Waals surface area (Å²) in [7, 11) is 2.10. The van der Waals surface area contributed by atoms with Crippen LogP contribution in [0.5, 0.6) is 0 Å². The molecule has 0 bridgehead atoms. The second kappa shape index (κ2) is 3.46. The van der Waals surface area contributed by atoms with Crippen LogP contribution >= 0.6 is 0 Å². The summed E-state index contributed by atoms with van der Waals surface area (Å²) in [5.74, 6) is 0.614. The molecule has 2 aliphatic carbocycles. The van der Waals surface area contributed by atoms with Crippen LogP contribution in [0.3, 0.4) is 0 Å². The molecule has 0 radical (unpaired) electrons. The van der Waals surface area contributed by atoms with Gasteiger partial charge in [-0.1, -0.05) is 43.7 Å². The van der Waals surface area contributed by atoms with E-state index < -0.39 is 0 Å². The lowest BCUT2D eigenvalue weighted by Crippen LogP contribution is -2.45. The van der Waals surface area contributed by atoms with Crippen molar-refractivity contribution in [2.24, 2.45) is 5.92 Å². The van der Waals surface area contributed by atoms with E-state index in [0.717, 1.165) is 0 Å². The number of nitrogens with one attached hydrogen (secondary N) is 1. The minimum Gasteiger partial charge on any atom is -0.310 e. The lowest BCUT2D eigenvalue weighted by molar-refractivity contribution is 0.207. The standard InChI is InChI=1S/C15H19N/c1-11-12-7-3-4-9-14(12)15(16-2)10-6-5-8-13(11)15/h3-4,7,9,13,16H,1,5-6,8,10H2,2H3/t13-,15+/m0/s1. The Morgan fingerprint density at radius 2 is 2.12 bits per heavy atom. The fourth-order valence-corrected chi connectivity index (χ4v) is 3.74. The molecule has 0 unspecified atom stereocenters. The maximum absolute atomic E-state index is 4.33. The Labute approximate surface area is 97.6 Å². The fraction of sp³-hybridized carbons (Fsp3) is 0.467. The second-order valence-electron chi connectivity index (χ2n) is 5.09. The largest absolute Gasteiger partial charge is 0.310 e. The Morgan fingerprint density at radius 3 is 2.94 bits per heavy atom. The Hall–Kier alpha value is -1.08. The van der Waals surface area contributed by atoms with E-state index in [0.29, 0.717) is 5.92 Å². The summed E-state index contributed by atoms with van der Waals surface area (Å²) in [6, 6.07) is 8.80. The van der Waals surface area contributed by atoms with Crippen LogP contribution in [-0.2, 0) is 5.54 Å². The highest BCUT2D eigenvalue weighted by Gasteiger charge is 2.48. The van der Waals surface area contributed by atoms with Crippen molar-refractivity contribution in [3.05, 3.63) is 42.0 Å². The van der Waals surface area contributed by atoms with Crippen LogP contribution in [-0.4, -0.2) is 7.05 Å². The summed E-state index contributed by atoms with van der Waals surface area (Å²) in [6.45, 7) is 4.33. The molecule has 84 valence electrons. The van der Waals surface area contributed by atoms with Crippen molar-refractivity contribution >= 4 is 5.57 Å². The molecule has 1 nitrogen and oxygen atoms in total. The van der Waals surface area contributed by atoms with Crippen LogP contribution in [0.25, 0.3) is 5.57 Å². The Morgan fingerprint density at radius 1 is 1.31 bits per heavy atom. The average Bonchev–Trinajstić information content (AvgIpc) is 2.62. The van der Waals surface area contributed by atoms with Gasteiger partial charge in [-0.05, 0) is 36.6 Å². The van der Waals surface area contributed by atoms with Crippen molar-refractivity contribution < 1.29 is 0 Å². The summed E-state index contributed by atoms with van der Waals surface area (Å²) in [6.07, 6.45) is 5.22. The Kier molecular flexibility index (Phi) is 2.18. The number of fused-ring (bicyclic) bond motifs is 3. The molecule has 0 aromatic heterocycles. The predicted molar refractivity (Wildman–Crippen MR) is 68.2 cm³/mol. The summed E-state index contributed by atoms with van der Waals surface area (Å²) >= 11 is 0. The Balaban J connectivity index is 2.20. The highest BCUT2D eigenvalue weighted by molar-refractivity contribution is 5.76. The first kappa shape index (κ1) is 10.1. The van der Waals surface area contributed by atoms with Gasteiger partial charge < -0.3 is 5.32 Å². The normalized spacial score (nSPS) is 32.3. The minimum atomic E-state index is 0.186. The van der Waals surface area contributed by atoms with Gasteiger partial charge in [0.2, 0.25) is 0 Å². The number of rotatable bonds is 1. The maximum Gasteiger partial charge on any atom is 0.0507 e. The summed E-state index contributed by atoms with van der Waals surface area (Å²) in [5, 5.41) is 3.61. The smallest absolute Gasteiger partial charge is 0.0507 e. The molecule has 1 saturated carbocycles. The number of hydrogen-bond donors (Lipinski definition) is 1. The molecule has 0 saturated heterocycles. The molecule has 1 aromatic rings. The molecule has 1 N–H and O–H groups in total. The first-order chi connectivity index (χ1) is 7.79. The molecule has 16 heavy (non-hydrogen) atoms. The second-order valence-corrected chi connectivity index (χ2v) is 5.09. The summed E-state index contributed by atoms with van der Waals surface area (Å²) in [5.41, 5.74) is 4.41. The van der Waals surface area contributed by atoms with Crippen LogP contribution in [0.15, 0.2) is 30.8 Å². The zero-order chi connectivity index (χ0) is 11.2. The molecule has 1 fully saturated rings. The number of benzene rings is 1. The van der Waals surface area contributed by atoms with E-state index >= 15 is 0 Å². The SMILES string of the molecule is C=C1c2ccccc2[C@@]2(NC)CCCC[C@@H]12. The average molecular weight is 213 g/mol. The van der Waals surface area contributed by atoms with Gasteiger partial charge in [-0.25, -0.2) is 0 Å². The van der Waals surface area contributed by atoms with Gasteiger partial charge in [0.25, 0.3) is 0 Å². The van der Waals surface area contributed by atoms with E-state index in [1.807, 2.05) is 0 Å². The molecule has 2 aliphatic rings. The third kappa shape index (κ3) is 1.10. The van der Waals surface area contributed by atoms with Crippen LogP contribution in [0.2, 0.25) is 0 Å². The minimum absolute atomic E-state index is 0.186. The monoisotopic (exact) mass is 213 g/mol. The van der Waals surface area contributed by atoms with Crippen molar-refractivity contribution in [1.82, 2.24) is 5.32 Å². The van der Waals surface area contributed by atoms with Crippen LogP contribution in [0.1, 0.15) is 36.8 Å². The first-order valence-corrected chi connectivity index (χ1v) is 6.27. The van der Waals surface area contributed by atoms with Gasteiger partial charge in [-0.2, -0.15) is 0 Å². The lowest BCUT2D eigenvalue weighted by atomic mass is 9.72. The lowest BCUT2D eigenvalue weighted by Gasteiger charge is -2.40. The summed E-state index contributed by atoms with van der Waals surface area (Å²) < 4.78 is 0. The van der Waals surface area contributed by atoms with E-state index in [4.69, 9.17) is 0 Å². The Bertz CT molecular complexity index is 435. The van der Waals surface area contributed by atoms with E-state index in [9.17, 15) is 0 Å². The van der Waals surface area contributed by atoms with Gasteiger partial charge in [0, 0.05) is 5.92 Å². The van der Waals surface area contributed by atoms with E-state index in [2.05, 4.69) is 43.2 Å². The van der Waals surface area contributed by atoms with Crippen molar-refractivity contribution in [3.8, 4) is 0 Å². The first-order valence-electron chi connectivity index (χ1n) is 6.27. The van der Waals surface area contributed by atoms with Crippen molar-refractivity contribution in [1.29, 1.82) is 0 Å². The molecule has 0 aliphatic heterocycles. The zero-order valence-corrected chi connectivity index (χ0v) is 9.92. The molecular formula is C15H19N. The topological polar surface area (TPSA) is 12.0 Å².